The van der Waals surface area contributed by atoms with Gasteiger partial charge >= 0.3 is 5.97 Å². The number of aliphatic imine (C=N–C) groups is 1. The van der Waals surface area contributed by atoms with Crippen molar-refractivity contribution in [1.29, 1.82) is 0 Å². The molecule has 0 saturated carbocycles. The van der Waals surface area contributed by atoms with Crippen molar-refractivity contribution in [3.63, 3.8) is 0 Å². The standard InChI is InChI=1S/C23H23NO4/c1-16(2)15-27-23(25)18-6-4-5-17(13-18)22-12-11-21(28-22)14-24-19-7-9-20(26-3)10-8-19/h4-14,16H,15H2,1-3H3. The molecule has 0 aliphatic heterocycles. The number of hydrogen-bond donors (Lipinski definition) is 0. The number of benzene rings is 2. The maximum absolute atomic E-state index is 12.2. The molecule has 0 aliphatic carbocycles. The molecule has 0 amide bonds. The molecule has 0 radical (unpaired) electrons. The molecule has 2 aromatic carbocycles. The number of carbonyl (C=O) groups excluding carboxylic acids is 1. The molecule has 0 spiro atoms. The van der Waals surface area contributed by atoms with Gasteiger partial charge in [0.05, 0.1) is 31.2 Å². The van der Waals surface area contributed by atoms with Crippen molar-refractivity contribution in [1.82, 2.24) is 0 Å². The van der Waals surface area contributed by atoms with Gasteiger partial charge in [-0.2, -0.15) is 0 Å². The van der Waals surface area contributed by atoms with Crippen LogP contribution < -0.4 is 4.74 Å². The summed E-state index contributed by atoms with van der Waals surface area (Å²) in [6.45, 7) is 4.40. The predicted molar refractivity (Wildman–Crippen MR) is 110 cm³/mol. The zero-order valence-electron chi connectivity index (χ0n) is 16.2. The second-order valence-electron chi connectivity index (χ2n) is 6.73. The maximum atomic E-state index is 12.2. The fourth-order valence-corrected chi connectivity index (χ4v) is 2.51. The minimum absolute atomic E-state index is 0.296. The summed E-state index contributed by atoms with van der Waals surface area (Å²) in [6.07, 6.45) is 1.66. The fourth-order valence-electron chi connectivity index (χ4n) is 2.51. The molecule has 3 rings (SSSR count). The van der Waals surface area contributed by atoms with Crippen LogP contribution in [0.3, 0.4) is 0 Å². The Morgan fingerprint density at radius 2 is 1.89 bits per heavy atom. The third-order valence-corrected chi connectivity index (χ3v) is 3.97. The van der Waals surface area contributed by atoms with Gasteiger partial charge in [0, 0.05) is 5.56 Å². The molecule has 28 heavy (non-hydrogen) atoms. The van der Waals surface area contributed by atoms with Crippen LogP contribution in [0.5, 0.6) is 5.75 Å². The van der Waals surface area contributed by atoms with Crippen molar-refractivity contribution in [2.75, 3.05) is 13.7 Å². The summed E-state index contributed by atoms with van der Waals surface area (Å²) in [5, 5.41) is 0. The van der Waals surface area contributed by atoms with Gasteiger partial charge in [0.1, 0.15) is 17.3 Å². The molecule has 5 nitrogen and oxygen atoms in total. The average Bonchev–Trinajstić information content (AvgIpc) is 3.20. The minimum atomic E-state index is -0.330. The molecule has 0 fully saturated rings. The average molecular weight is 377 g/mol. The number of furan rings is 1. The zero-order valence-corrected chi connectivity index (χ0v) is 16.2. The van der Waals surface area contributed by atoms with E-state index in [1.807, 2.05) is 62.4 Å². The highest BCUT2D eigenvalue weighted by molar-refractivity contribution is 5.91. The van der Waals surface area contributed by atoms with Gasteiger partial charge in [0.25, 0.3) is 0 Å². The number of nitrogens with zero attached hydrogens (tertiary/aromatic N) is 1. The van der Waals surface area contributed by atoms with E-state index >= 15 is 0 Å². The van der Waals surface area contributed by atoms with Crippen LogP contribution in [-0.4, -0.2) is 25.9 Å². The van der Waals surface area contributed by atoms with Crippen LogP contribution in [0, 0.1) is 5.92 Å². The smallest absolute Gasteiger partial charge is 0.338 e. The van der Waals surface area contributed by atoms with Gasteiger partial charge in [-0.15, -0.1) is 0 Å². The molecule has 5 heteroatoms. The van der Waals surface area contributed by atoms with Crippen molar-refractivity contribution in [3.05, 3.63) is 72.0 Å². The first-order chi connectivity index (χ1) is 13.5. The van der Waals surface area contributed by atoms with Crippen molar-refractivity contribution in [2.45, 2.75) is 13.8 Å². The second-order valence-corrected chi connectivity index (χ2v) is 6.73. The van der Waals surface area contributed by atoms with Crippen LogP contribution in [0.25, 0.3) is 11.3 Å². The monoisotopic (exact) mass is 377 g/mol. The summed E-state index contributed by atoms with van der Waals surface area (Å²) in [5.74, 6) is 2.03. The Balaban J connectivity index is 1.71. The Morgan fingerprint density at radius 1 is 1.11 bits per heavy atom. The van der Waals surface area contributed by atoms with Crippen molar-refractivity contribution < 1.29 is 18.7 Å². The number of rotatable bonds is 7. The number of ether oxygens (including phenoxy) is 2. The highest BCUT2D eigenvalue weighted by atomic mass is 16.5. The molecule has 3 aromatic rings. The highest BCUT2D eigenvalue weighted by Gasteiger charge is 2.11. The summed E-state index contributed by atoms with van der Waals surface area (Å²) in [4.78, 5) is 16.6. The molecule has 1 heterocycles. The van der Waals surface area contributed by atoms with Gasteiger partial charge in [-0.05, 0) is 54.4 Å². The number of methoxy groups -OCH3 is 1. The Kier molecular flexibility index (Phi) is 6.27. The first-order valence-corrected chi connectivity index (χ1v) is 9.10. The largest absolute Gasteiger partial charge is 0.497 e. The van der Waals surface area contributed by atoms with E-state index in [1.165, 1.54) is 0 Å². The van der Waals surface area contributed by atoms with Gasteiger partial charge < -0.3 is 13.9 Å². The molecular weight excluding hydrogens is 354 g/mol. The summed E-state index contributed by atoms with van der Waals surface area (Å²) < 4.78 is 16.3. The van der Waals surface area contributed by atoms with Crippen molar-refractivity contribution in [3.8, 4) is 17.1 Å². The molecule has 0 saturated heterocycles. The van der Waals surface area contributed by atoms with E-state index in [0.29, 0.717) is 29.6 Å². The lowest BCUT2D eigenvalue weighted by atomic mass is 10.1. The summed E-state index contributed by atoms with van der Waals surface area (Å²) >= 11 is 0. The van der Waals surface area contributed by atoms with E-state index in [2.05, 4.69) is 4.99 Å². The van der Waals surface area contributed by atoms with Gasteiger partial charge in [0.15, 0.2) is 0 Å². The first kappa shape index (κ1) is 19.4. The third kappa shape index (κ3) is 5.10. The molecule has 0 atom stereocenters. The SMILES string of the molecule is COc1ccc(N=Cc2ccc(-c3cccc(C(=O)OCC(C)C)c3)o2)cc1. The quantitative estimate of drug-likeness (QED) is 0.402. The second kappa shape index (κ2) is 9.04. The Morgan fingerprint density at radius 3 is 2.61 bits per heavy atom. The predicted octanol–water partition coefficient (Wildman–Crippen LogP) is 5.52. The molecule has 0 unspecified atom stereocenters. The van der Waals surface area contributed by atoms with Crippen LogP contribution in [0.15, 0.2) is 70.1 Å². The molecule has 0 N–H and O–H groups in total. The van der Waals surface area contributed by atoms with Crippen molar-refractivity contribution in [2.24, 2.45) is 10.9 Å². The normalized spacial score (nSPS) is 11.1. The van der Waals surface area contributed by atoms with Gasteiger partial charge in [-0.1, -0.05) is 26.0 Å². The van der Waals surface area contributed by atoms with E-state index in [0.717, 1.165) is 17.0 Å². The van der Waals surface area contributed by atoms with Crippen LogP contribution >= 0.6 is 0 Å². The number of esters is 1. The molecular formula is C23H23NO4. The van der Waals surface area contributed by atoms with Crippen LogP contribution in [-0.2, 0) is 4.74 Å². The first-order valence-electron chi connectivity index (χ1n) is 9.10. The lowest BCUT2D eigenvalue weighted by molar-refractivity contribution is 0.0459. The fraction of sp³-hybridized carbons (Fsp3) is 0.217. The third-order valence-electron chi connectivity index (χ3n) is 3.97. The molecule has 0 aliphatic rings. The molecule has 0 bridgehead atoms. The maximum Gasteiger partial charge on any atom is 0.338 e. The molecule has 1 aromatic heterocycles. The van der Waals surface area contributed by atoms with Crippen LogP contribution in [0.2, 0.25) is 0 Å². The summed E-state index contributed by atoms with van der Waals surface area (Å²) in [5.41, 5.74) is 2.11. The summed E-state index contributed by atoms with van der Waals surface area (Å²) in [7, 11) is 1.63. The topological polar surface area (TPSA) is 61.0 Å². The van der Waals surface area contributed by atoms with Gasteiger partial charge in [0.2, 0.25) is 0 Å². The Labute approximate surface area is 164 Å². The van der Waals surface area contributed by atoms with E-state index in [4.69, 9.17) is 13.9 Å². The van der Waals surface area contributed by atoms with Gasteiger partial charge in [-0.3, -0.25) is 4.99 Å². The minimum Gasteiger partial charge on any atom is -0.497 e. The van der Waals surface area contributed by atoms with Crippen LogP contribution in [0.4, 0.5) is 5.69 Å². The Bertz CT molecular complexity index is 955. The van der Waals surface area contributed by atoms with E-state index in [1.54, 1.807) is 25.5 Å². The van der Waals surface area contributed by atoms with E-state index in [9.17, 15) is 4.79 Å². The zero-order chi connectivity index (χ0) is 19.9. The van der Waals surface area contributed by atoms with Crippen LogP contribution in [0.1, 0.15) is 30.0 Å². The lowest BCUT2D eigenvalue weighted by Gasteiger charge is -2.07. The van der Waals surface area contributed by atoms with E-state index in [-0.39, 0.29) is 5.97 Å². The lowest BCUT2D eigenvalue weighted by Crippen LogP contribution is -2.10. The van der Waals surface area contributed by atoms with Crippen molar-refractivity contribution >= 4 is 17.9 Å². The Hall–Kier alpha value is -3.34. The highest BCUT2D eigenvalue weighted by Crippen LogP contribution is 2.24. The number of carbonyl (C=O) groups is 1. The summed E-state index contributed by atoms with van der Waals surface area (Å²) in [6, 6.07) is 18.3. The molecule has 144 valence electrons. The number of hydrogen-bond acceptors (Lipinski definition) is 5. The van der Waals surface area contributed by atoms with E-state index < -0.39 is 0 Å². The van der Waals surface area contributed by atoms with Gasteiger partial charge in [-0.25, -0.2) is 4.79 Å².